The molecule has 19 heavy (non-hydrogen) atoms. The Hall–Kier alpha value is -0.0800. The number of aliphatic hydroxyl groups is 1. The van der Waals surface area contributed by atoms with Crippen LogP contribution < -0.4 is 5.73 Å². The molecule has 2 atom stereocenters. The van der Waals surface area contributed by atoms with Gasteiger partial charge in [0.25, 0.3) is 0 Å². The van der Waals surface area contributed by atoms with Crippen LogP contribution >= 0.6 is 0 Å². The Kier molecular flexibility index (Phi) is 4.62. The van der Waals surface area contributed by atoms with Crippen LogP contribution in [-0.2, 0) is 0 Å². The first-order valence-corrected chi connectivity index (χ1v) is 8.39. The molecule has 2 aliphatic rings. The molecule has 0 aliphatic heterocycles. The van der Waals surface area contributed by atoms with Gasteiger partial charge in [0, 0.05) is 12.0 Å². The highest BCUT2D eigenvalue weighted by Gasteiger charge is 2.53. The molecule has 2 saturated carbocycles. The lowest BCUT2D eigenvalue weighted by Gasteiger charge is -2.50. The molecule has 0 heterocycles. The van der Waals surface area contributed by atoms with Gasteiger partial charge in [-0.05, 0) is 62.7 Å². The molecule has 0 aromatic rings. The van der Waals surface area contributed by atoms with E-state index >= 15 is 0 Å². The summed E-state index contributed by atoms with van der Waals surface area (Å²) in [7, 11) is 0. The minimum atomic E-state index is -0.468. The molecule has 2 fully saturated rings. The second-order valence-electron chi connectivity index (χ2n) is 7.61. The Morgan fingerprint density at radius 3 is 2.21 bits per heavy atom. The van der Waals surface area contributed by atoms with Crippen molar-refractivity contribution in [2.24, 2.45) is 28.9 Å². The van der Waals surface area contributed by atoms with E-state index in [2.05, 4.69) is 20.8 Å². The molecule has 0 amide bonds. The quantitative estimate of drug-likeness (QED) is 0.815. The molecular formula is C17H33NO. The van der Waals surface area contributed by atoms with E-state index in [9.17, 15) is 5.11 Å². The third-order valence-electron chi connectivity index (χ3n) is 6.48. The van der Waals surface area contributed by atoms with Gasteiger partial charge in [0.05, 0.1) is 5.60 Å². The monoisotopic (exact) mass is 267 g/mol. The van der Waals surface area contributed by atoms with Crippen molar-refractivity contribution in [3.8, 4) is 0 Å². The summed E-state index contributed by atoms with van der Waals surface area (Å²) in [5.74, 6) is 2.33. The van der Waals surface area contributed by atoms with Crippen molar-refractivity contribution in [3.05, 3.63) is 0 Å². The van der Waals surface area contributed by atoms with Crippen LogP contribution in [0, 0.1) is 23.2 Å². The highest BCUT2D eigenvalue weighted by atomic mass is 16.3. The van der Waals surface area contributed by atoms with E-state index in [0.717, 1.165) is 43.4 Å². The third kappa shape index (κ3) is 2.71. The average molecular weight is 267 g/mol. The highest BCUT2D eigenvalue weighted by Crippen LogP contribution is 2.54. The summed E-state index contributed by atoms with van der Waals surface area (Å²) in [5.41, 5.74) is 5.70. The van der Waals surface area contributed by atoms with Crippen LogP contribution in [0.3, 0.4) is 0 Å². The van der Waals surface area contributed by atoms with Crippen LogP contribution in [0.15, 0.2) is 0 Å². The maximum absolute atomic E-state index is 11.2. The molecule has 2 aliphatic carbocycles. The maximum Gasteiger partial charge on any atom is 0.0718 e. The van der Waals surface area contributed by atoms with E-state index < -0.39 is 5.60 Å². The Morgan fingerprint density at radius 1 is 1.16 bits per heavy atom. The Morgan fingerprint density at radius 2 is 1.79 bits per heavy atom. The van der Waals surface area contributed by atoms with Crippen molar-refractivity contribution in [3.63, 3.8) is 0 Å². The summed E-state index contributed by atoms with van der Waals surface area (Å²) in [6, 6.07) is 0. The van der Waals surface area contributed by atoms with Crippen LogP contribution in [0.4, 0.5) is 0 Å². The fourth-order valence-electron chi connectivity index (χ4n) is 4.67. The standard InChI is InChI=1S/C17H33NO/c1-4-14-5-10-17(19,11-14)16(12-18)8-6-15(7-9-16)13(2)3/h13-15,19H,4-12,18H2,1-3H3. The maximum atomic E-state index is 11.2. The van der Waals surface area contributed by atoms with Crippen LogP contribution in [0.1, 0.15) is 72.1 Å². The number of hydrogen-bond acceptors (Lipinski definition) is 2. The zero-order chi connectivity index (χ0) is 14.1. The molecule has 112 valence electrons. The number of nitrogens with two attached hydrogens (primary N) is 1. The van der Waals surface area contributed by atoms with Crippen molar-refractivity contribution in [2.75, 3.05) is 6.54 Å². The third-order valence-corrected chi connectivity index (χ3v) is 6.48. The lowest BCUT2D eigenvalue weighted by molar-refractivity contribution is -0.105. The molecule has 0 bridgehead atoms. The topological polar surface area (TPSA) is 46.2 Å². The summed E-state index contributed by atoms with van der Waals surface area (Å²) in [5, 5.41) is 11.2. The molecule has 2 rings (SSSR count). The van der Waals surface area contributed by atoms with E-state index in [1.54, 1.807) is 0 Å². The average Bonchev–Trinajstić information content (AvgIpc) is 2.82. The molecule has 0 aromatic carbocycles. The van der Waals surface area contributed by atoms with Crippen molar-refractivity contribution in [2.45, 2.75) is 77.7 Å². The predicted octanol–water partition coefficient (Wildman–Crippen LogP) is 3.72. The summed E-state index contributed by atoms with van der Waals surface area (Å²) in [6.45, 7) is 7.58. The smallest absolute Gasteiger partial charge is 0.0718 e. The second-order valence-corrected chi connectivity index (χ2v) is 7.61. The largest absolute Gasteiger partial charge is 0.389 e. The molecule has 0 aromatic heterocycles. The minimum absolute atomic E-state index is 0.0162. The van der Waals surface area contributed by atoms with Gasteiger partial charge < -0.3 is 10.8 Å². The van der Waals surface area contributed by atoms with E-state index in [4.69, 9.17) is 5.73 Å². The van der Waals surface area contributed by atoms with Gasteiger partial charge in [-0.3, -0.25) is 0 Å². The molecule has 0 radical (unpaired) electrons. The summed E-state index contributed by atoms with van der Waals surface area (Å²) in [6.07, 6.45) is 9.17. The fourth-order valence-corrected chi connectivity index (χ4v) is 4.67. The molecule has 2 unspecified atom stereocenters. The van der Waals surface area contributed by atoms with Crippen LogP contribution in [0.25, 0.3) is 0 Å². The van der Waals surface area contributed by atoms with E-state index in [-0.39, 0.29) is 5.41 Å². The molecule has 3 N–H and O–H groups in total. The van der Waals surface area contributed by atoms with Gasteiger partial charge in [-0.25, -0.2) is 0 Å². The highest BCUT2D eigenvalue weighted by molar-refractivity contribution is 5.05. The van der Waals surface area contributed by atoms with Crippen LogP contribution in [0.2, 0.25) is 0 Å². The van der Waals surface area contributed by atoms with Crippen molar-refractivity contribution >= 4 is 0 Å². The molecule has 2 heteroatoms. The SMILES string of the molecule is CCC1CCC(O)(C2(CN)CCC(C(C)C)CC2)C1. The second kappa shape index (κ2) is 5.73. The first kappa shape index (κ1) is 15.3. The lowest BCUT2D eigenvalue weighted by atomic mass is 9.59. The lowest BCUT2D eigenvalue weighted by Crippen LogP contribution is -2.53. The predicted molar refractivity (Wildman–Crippen MR) is 80.9 cm³/mol. The van der Waals surface area contributed by atoms with Gasteiger partial charge in [0.2, 0.25) is 0 Å². The van der Waals surface area contributed by atoms with Crippen molar-refractivity contribution in [1.29, 1.82) is 0 Å². The van der Waals surface area contributed by atoms with Crippen LogP contribution in [-0.4, -0.2) is 17.3 Å². The minimum Gasteiger partial charge on any atom is -0.389 e. The van der Waals surface area contributed by atoms with Gasteiger partial charge in [-0.1, -0.05) is 27.2 Å². The zero-order valence-corrected chi connectivity index (χ0v) is 13.1. The van der Waals surface area contributed by atoms with Crippen molar-refractivity contribution < 1.29 is 5.11 Å². The number of hydrogen-bond donors (Lipinski definition) is 2. The molecule has 0 saturated heterocycles. The van der Waals surface area contributed by atoms with Gasteiger partial charge in [-0.2, -0.15) is 0 Å². The summed E-state index contributed by atoms with van der Waals surface area (Å²) in [4.78, 5) is 0. The van der Waals surface area contributed by atoms with E-state index in [1.165, 1.54) is 25.7 Å². The van der Waals surface area contributed by atoms with E-state index in [0.29, 0.717) is 6.54 Å². The Balaban J connectivity index is 2.08. The van der Waals surface area contributed by atoms with Gasteiger partial charge in [0.1, 0.15) is 0 Å². The Labute approximate surface area is 119 Å². The molecule has 2 nitrogen and oxygen atoms in total. The van der Waals surface area contributed by atoms with Crippen molar-refractivity contribution in [1.82, 2.24) is 0 Å². The summed E-state index contributed by atoms with van der Waals surface area (Å²) < 4.78 is 0. The van der Waals surface area contributed by atoms with Gasteiger partial charge >= 0.3 is 0 Å². The first-order chi connectivity index (χ1) is 8.96. The van der Waals surface area contributed by atoms with Gasteiger partial charge in [-0.15, -0.1) is 0 Å². The normalized spacial score (nSPS) is 43.9. The Bertz CT molecular complexity index is 294. The van der Waals surface area contributed by atoms with Gasteiger partial charge in [0.15, 0.2) is 0 Å². The number of rotatable bonds is 4. The van der Waals surface area contributed by atoms with E-state index in [1.807, 2.05) is 0 Å². The molecular weight excluding hydrogens is 234 g/mol. The molecule has 0 spiro atoms. The van der Waals surface area contributed by atoms with Crippen LogP contribution in [0.5, 0.6) is 0 Å². The summed E-state index contributed by atoms with van der Waals surface area (Å²) >= 11 is 0. The fraction of sp³-hybridized carbons (Fsp3) is 1.00. The first-order valence-electron chi connectivity index (χ1n) is 8.39. The zero-order valence-electron chi connectivity index (χ0n) is 13.1.